The summed E-state index contributed by atoms with van der Waals surface area (Å²) in [5.74, 6) is -0.282. The largest absolute Gasteiger partial charge is 0.380 e. The van der Waals surface area contributed by atoms with Crippen LogP contribution in [0.15, 0.2) is 66.4 Å². The van der Waals surface area contributed by atoms with Gasteiger partial charge in [-0.1, -0.05) is 54.1 Å². The Morgan fingerprint density at radius 2 is 1.63 bits per heavy atom. The van der Waals surface area contributed by atoms with Gasteiger partial charge in [-0.15, -0.1) is 0 Å². The standard InChI is InChI=1S/C26H18N2O2/c1-16-4-10-20-22(12-16)23-13-19(18-7-5-17(6-8-18)15-30-3)9-11-21(23)26(29)25(20)24(14-27)28-2/h4-13H,15H2,1,3H3/b25-24-. The van der Waals surface area contributed by atoms with Gasteiger partial charge >= 0.3 is 0 Å². The lowest BCUT2D eigenvalue weighted by Crippen LogP contribution is -2.13. The summed E-state index contributed by atoms with van der Waals surface area (Å²) in [4.78, 5) is 16.5. The molecule has 0 saturated carbocycles. The maximum absolute atomic E-state index is 13.2. The number of nitriles is 1. The normalized spacial score (nSPS) is 13.7. The number of hydrogen-bond donors (Lipinski definition) is 0. The third kappa shape index (κ3) is 3.20. The Kier molecular flexibility index (Phi) is 5.02. The van der Waals surface area contributed by atoms with Crippen molar-refractivity contribution in [3.05, 3.63) is 100 Å². The lowest BCUT2D eigenvalue weighted by atomic mass is 9.79. The molecule has 0 saturated heterocycles. The van der Waals surface area contributed by atoms with Gasteiger partial charge in [0.05, 0.1) is 19.2 Å². The second kappa shape index (κ2) is 7.79. The van der Waals surface area contributed by atoms with Gasteiger partial charge in [0.25, 0.3) is 5.70 Å². The molecule has 4 rings (SSSR count). The number of carbonyl (C=O) groups excluding carboxylic acids is 1. The number of hydrogen-bond acceptors (Lipinski definition) is 3. The van der Waals surface area contributed by atoms with E-state index >= 15 is 0 Å². The molecule has 3 aromatic rings. The van der Waals surface area contributed by atoms with E-state index < -0.39 is 0 Å². The molecule has 1 aliphatic rings. The highest BCUT2D eigenvalue weighted by Gasteiger charge is 2.30. The molecule has 3 aromatic carbocycles. The highest BCUT2D eigenvalue weighted by Crippen LogP contribution is 2.42. The summed E-state index contributed by atoms with van der Waals surface area (Å²) < 4.78 is 5.17. The van der Waals surface area contributed by atoms with E-state index in [1.165, 1.54) is 0 Å². The fourth-order valence-corrected chi connectivity index (χ4v) is 3.83. The molecule has 0 heterocycles. The van der Waals surface area contributed by atoms with Crippen LogP contribution in [0.3, 0.4) is 0 Å². The van der Waals surface area contributed by atoms with E-state index in [1.54, 1.807) is 13.2 Å². The number of fused-ring (bicyclic) bond motifs is 3. The molecule has 0 radical (unpaired) electrons. The molecule has 4 heteroatoms. The Morgan fingerprint density at radius 1 is 0.967 bits per heavy atom. The molecular formula is C26H18N2O2. The van der Waals surface area contributed by atoms with Gasteiger partial charge in [0.1, 0.15) is 0 Å². The average Bonchev–Trinajstić information content (AvgIpc) is 2.77. The third-order valence-corrected chi connectivity index (χ3v) is 5.28. The van der Waals surface area contributed by atoms with Crippen molar-refractivity contribution in [2.24, 2.45) is 0 Å². The van der Waals surface area contributed by atoms with Gasteiger partial charge in [-0.2, -0.15) is 0 Å². The number of rotatable bonds is 3. The Bertz CT molecular complexity index is 1270. The van der Waals surface area contributed by atoms with Crippen molar-refractivity contribution in [3.63, 3.8) is 0 Å². The predicted octanol–water partition coefficient (Wildman–Crippen LogP) is 5.83. The number of ketones is 1. The van der Waals surface area contributed by atoms with Crippen LogP contribution >= 0.6 is 0 Å². The highest BCUT2D eigenvalue weighted by molar-refractivity contribution is 6.35. The highest BCUT2D eigenvalue weighted by atomic mass is 16.5. The van der Waals surface area contributed by atoms with Crippen LogP contribution in [0, 0.1) is 24.8 Å². The minimum Gasteiger partial charge on any atom is -0.380 e. The van der Waals surface area contributed by atoms with Crippen molar-refractivity contribution in [1.82, 2.24) is 0 Å². The van der Waals surface area contributed by atoms with E-state index in [0.717, 1.165) is 33.4 Å². The minimum absolute atomic E-state index is 0.173. The van der Waals surface area contributed by atoms with Crippen molar-refractivity contribution in [1.29, 1.82) is 5.26 Å². The van der Waals surface area contributed by atoms with E-state index in [4.69, 9.17) is 11.3 Å². The average molecular weight is 390 g/mol. The molecule has 0 bridgehead atoms. The summed E-state index contributed by atoms with van der Waals surface area (Å²) >= 11 is 0. The lowest BCUT2D eigenvalue weighted by Gasteiger charge is -2.23. The van der Waals surface area contributed by atoms with Crippen LogP contribution in [-0.2, 0) is 11.3 Å². The first-order valence-electron chi connectivity index (χ1n) is 9.47. The molecule has 0 unspecified atom stereocenters. The lowest BCUT2D eigenvalue weighted by molar-refractivity contribution is 0.105. The molecule has 0 fully saturated rings. The Morgan fingerprint density at radius 3 is 2.30 bits per heavy atom. The summed E-state index contributed by atoms with van der Waals surface area (Å²) in [5.41, 5.74) is 7.03. The minimum atomic E-state index is -0.282. The molecule has 0 spiro atoms. The first-order chi connectivity index (χ1) is 14.6. The van der Waals surface area contributed by atoms with Gasteiger partial charge < -0.3 is 4.74 Å². The van der Waals surface area contributed by atoms with Crippen molar-refractivity contribution >= 4 is 11.4 Å². The summed E-state index contributed by atoms with van der Waals surface area (Å²) in [6.45, 7) is 9.87. The zero-order valence-corrected chi connectivity index (χ0v) is 16.7. The van der Waals surface area contributed by atoms with Crippen molar-refractivity contribution in [2.45, 2.75) is 13.5 Å². The van der Waals surface area contributed by atoms with E-state index in [1.807, 2.05) is 67.6 Å². The smallest absolute Gasteiger partial charge is 0.273 e. The van der Waals surface area contributed by atoms with Gasteiger partial charge in [-0.3, -0.25) is 4.79 Å². The molecule has 0 amide bonds. The summed E-state index contributed by atoms with van der Waals surface area (Å²) in [7, 11) is 1.67. The number of nitrogens with zero attached hydrogens (tertiary/aromatic N) is 2. The Balaban J connectivity index is 1.92. The van der Waals surface area contributed by atoms with Gasteiger partial charge in [0, 0.05) is 18.2 Å². The van der Waals surface area contributed by atoms with Gasteiger partial charge in [-0.05, 0) is 52.4 Å². The molecule has 0 N–H and O–H groups in total. The molecule has 1 aliphatic carbocycles. The Hall–Kier alpha value is -3.99. The first-order valence-corrected chi connectivity index (χ1v) is 9.47. The monoisotopic (exact) mass is 390 g/mol. The van der Waals surface area contributed by atoms with Crippen LogP contribution in [-0.4, -0.2) is 12.9 Å². The molecular weight excluding hydrogens is 372 g/mol. The van der Waals surface area contributed by atoms with Crippen LogP contribution in [0.1, 0.15) is 27.0 Å². The molecule has 0 atom stereocenters. The Labute approximate surface area is 175 Å². The number of allylic oxidation sites excluding steroid dienone is 2. The quantitative estimate of drug-likeness (QED) is 0.321. The van der Waals surface area contributed by atoms with Crippen LogP contribution in [0.2, 0.25) is 0 Å². The SMILES string of the molecule is [C-]#[N+]/C(C#N)=C1\C(=O)c2ccc(-c3ccc(COC)cc3)cc2-c2cc(C)ccc21. The molecule has 144 valence electrons. The first kappa shape index (κ1) is 19.3. The number of aryl methyl sites for hydroxylation is 1. The topological polar surface area (TPSA) is 54.5 Å². The van der Waals surface area contributed by atoms with Gasteiger partial charge in [-0.25, -0.2) is 10.1 Å². The number of benzene rings is 3. The van der Waals surface area contributed by atoms with Crippen molar-refractivity contribution in [2.75, 3.05) is 7.11 Å². The summed E-state index contributed by atoms with van der Waals surface area (Å²) in [5, 5.41) is 9.39. The zero-order chi connectivity index (χ0) is 21.3. The van der Waals surface area contributed by atoms with Crippen molar-refractivity contribution < 1.29 is 9.53 Å². The molecule has 30 heavy (non-hydrogen) atoms. The fourth-order valence-electron chi connectivity index (χ4n) is 3.83. The predicted molar refractivity (Wildman–Crippen MR) is 116 cm³/mol. The van der Waals surface area contributed by atoms with Crippen molar-refractivity contribution in [3.8, 4) is 28.3 Å². The second-order valence-electron chi connectivity index (χ2n) is 7.22. The maximum Gasteiger partial charge on any atom is 0.273 e. The molecule has 4 nitrogen and oxygen atoms in total. The summed E-state index contributed by atoms with van der Waals surface area (Å²) in [6.07, 6.45) is 0. The van der Waals surface area contributed by atoms with Crippen LogP contribution in [0.4, 0.5) is 0 Å². The molecule has 0 aliphatic heterocycles. The van der Waals surface area contributed by atoms with Crippen LogP contribution in [0.25, 0.3) is 32.7 Å². The van der Waals surface area contributed by atoms with Gasteiger partial charge in [0.2, 0.25) is 0 Å². The van der Waals surface area contributed by atoms with E-state index in [9.17, 15) is 10.1 Å². The van der Waals surface area contributed by atoms with Crippen LogP contribution < -0.4 is 0 Å². The number of ether oxygens (including phenoxy) is 1. The van der Waals surface area contributed by atoms with E-state index in [-0.39, 0.29) is 17.1 Å². The fraction of sp³-hybridized carbons (Fsp3) is 0.115. The number of Topliss-reactive ketones (excluding diaryl/α,β-unsaturated/α-hetero) is 1. The number of methoxy groups -OCH3 is 1. The second-order valence-corrected chi connectivity index (χ2v) is 7.22. The third-order valence-electron chi connectivity index (χ3n) is 5.28. The summed E-state index contributed by atoms with van der Waals surface area (Å²) in [6, 6.07) is 21.5. The zero-order valence-electron chi connectivity index (χ0n) is 16.7. The van der Waals surface area contributed by atoms with Gasteiger partial charge in [0.15, 0.2) is 5.78 Å². The molecule has 0 aromatic heterocycles. The van der Waals surface area contributed by atoms with E-state index in [2.05, 4.69) is 4.85 Å². The number of carbonyl (C=O) groups is 1. The van der Waals surface area contributed by atoms with Crippen LogP contribution in [0.5, 0.6) is 0 Å². The maximum atomic E-state index is 13.2. The van der Waals surface area contributed by atoms with E-state index in [0.29, 0.717) is 17.7 Å².